The van der Waals surface area contributed by atoms with Crippen molar-refractivity contribution in [2.75, 3.05) is 13.7 Å². The van der Waals surface area contributed by atoms with Gasteiger partial charge < -0.3 is 4.74 Å². The van der Waals surface area contributed by atoms with Gasteiger partial charge in [0.1, 0.15) is 6.61 Å². The Kier molecular flexibility index (Phi) is 8.12. The number of carbonyl (C=O) groups excluding carboxylic acids is 2. The Labute approximate surface area is 125 Å². The minimum Gasteiger partial charge on any atom is -0.469 e. The molecule has 0 aliphatic rings. The number of hydroxylamine groups is 2. The summed E-state index contributed by atoms with van der Waals surface area (Å²) in [7, 11) is 1.36. The van der Waals surface area contributed by atoms with E-state index in [-0.39, 0.29) is 18.4 Å². The largest absolute Gasteiger partial charge is 0.469 e. The van der Waals surface area contributed by atoms with Crippen molar-refractivity contribution in [2.45, 2.75) is 32.8 Å². The summed E-state index contributed by atoms with van der Waals surface area (Å²) >= 11 is 0. The molecule has 0 aliphatic carbocycles. The van der Waals surface area contributed by atoms with Gasteiger partial charge in [-0.15, -0.1) is 0 Å². The van der Waals surface area contributed by atoms with Crippen LogP contribution in [-0.4, -0.2) is 31.1 Å². The number of nitrogens with zero attached hydrogens (tertiary/aromatic N) is 1. The second-order valence-electron chi connectivity index (χ2n) is 4.83. The molecule has 1 aromatic carbocycles. The lowest BCUT2D eigenvalue weighted by atomic mass is 10.0. The molecule has 0 aromatic heterocycles. The number of amides is 1. The van der Waals surface area contributed by atoms with Gasteiger partial charge in [0.05, 0.1) is 19.6 Å². The first-order valence-electron chi connectivity index (χ1n) is 7.17. The normalized spacial score (nSPS) is 11.7. The first-order valence-corrected chi connectivity index (χ1v) is 7.17. The lowest BCUT2D eigenvalue weighted by molar-refractivity contribution is -0.184. The smallest absolute Gasteiger partial charge is 0.310 e. The van der Waals surface area contributed by atoms with Gasteiger partial charge in [-0.25, -0.2) is 5.06 Å². The lowest BCUT2D eigenvalue weighted by Gasteiger charge is -2.22. The fraction of sp³-hybridized carbons (Fsp3) is 0.500. The van der Waals surface area contributed by atoms with E-state index < -0.39 is 0 Å². The van der Waals surface area contributed by atoms with Gasteiger partial charge in [0.15, 0.2) is 0 Å². The molecule has 0 saturated heterocycles. The van der Waals surface area contributed by atoms with Crippen LogP contribution in [0.25, 0.3) is 0 Å². The topological polar surface area (TPSA) is 55.8 Å². The van der Waals surface area contributed by atoms with Crippen LogP contribution in [0.3, 0.4) is 0 Å². The highest BCUT2D eigenvalue weighted by Gasteiger charge is 2.22. The highest BCUT2D eigenvalue weighted by molar-refractivity contribution is 5.72. The third kappa shape index (κ3) is 6.40. The van der Waals surface area contributed by atoms with Crippen molar-refractivity contribution in [1.82, 2.24) is 5.06 Å². The van der Waals surface area contributed by atoms with Gasteiger partial charge in [0.2, 0.25) is 6.41 Å². The summed E-state index contributed by atoms with van der Waals surface area (Å²) < 4.78 is 4.78. The molecule has 0 bridgehead atoms. The second-order valence-corrected chi connectivity index (χ2v) is 4.83. The van der Waals surface area contributed by atoms with Crippen molar-refractivity contribution < 1.29 is 19.2 Å². The van der Waals surface area contributed by atoms with Crippen LogP contribution >= 0.6 is 0 Å². The summed E-state index contributed by atoms with van der Waals surface area (Å²) in [6.07, 6.45) is 3.18. The Morgan fingerprint density at radius 2 is 2.05 bits per heavy atom. The van der Waals surface area contributed by atoms with Gasteiger partial charge in [-0.2, -0.15) is 0 Å². The van der Waals surface area contributed by atoms with E-state index in [1.807, 2.05) is 30.3 Å². The summed E-state index contributed by atoms with van der Waals surface area (Å²) in [5.41, 5.74) is 0.965. The molecule has 1 atom stereocenters. The zero-order chi connectivity index (χ0) is 15.5. The maximum atomic E-state index is 11.7. The van der Waals surface area contributed by atoms with Crippen LogP contribution in [0.4, 0.5) is 0 Å². The third-order valence-corrected chi connectivity index (χ3v) is 3.20. The van der Waals surface area contributed by atoms with E-state index >= 15 is 0 Å². The monoisotopic (exact) mass is 293 g/mol. The summed E-state index contributed by atoms with van der Waals surface area (Å²) in [5, 5.41) is 1.17. The highest BCUT2D eigenvalue weighted by Crippen LogP contribution is 2.13. The van der Waals surface area contributed by atoms with E-state index in [2.05, 4.69) is 6.92 Å². The Balaban J connectivity index is 2.52. The molecule has 0 heterocycles. The molecule has 116 valence electrons. The molecule has 0 fully saturated rings. The molecule has 1 unspecified atom stereocenters. The van der Waals surface area contributed by atoms with Gasteiger partial charge in [-0.3, -0.25) is 14.4 Å². The van der Waals surface area contributed by atoms with Crippen LogP contribution in [0, 0.1) is 5.92 Å². The van der Waals surface area contributed by atoms with Gasteiger partial charge >= 0.3 is 5.97 Å². The third-order valence-electron chi connectivity index (χ3n) is 3.20. The van der Waals surface area contributed by atoms with E-state index in [0.29, 0.717) is 19.4 Å². The molecule has 0 aliphatic heterocycles. The van der Waals surface area contributed by atoms with E-state index in [1.165, 1.54) is 12.2 Å². The average Bonchev–Trinajstić information content (AvgIpc) is 2.54. The van der Waals surface area contributed by atoms with Gasteiger partial charge in [0.25, 0.3) is 0 Å². The number of hydrogen-bond donors (Lipinski definition) is 0. The molecular formula is C16H23NO4. The number of carbonyl (C=O) groups is 2. The van der Waals surface area contributed by atoms with Crippen molar-refractivity contribution >= 4 is 12.4 Å². The molecule has 0 radical (unpaired) electrons. The summed E-state index contributed by atoms with van der Waals surface area (Å²) in [5.74, 6) is -0.658. The summed E-state index contributed by atoms with van der Waals surface area (Å²) in [6.45, 7) is 2.56. The Morgan fingerprint density at radius 3 is 2.62 bits per heavy atom. The molecule has 21 heavy (non-hydrogen) atoms. The quantitative estimate of drug-likeness (QED) is 0.378. The SMILES string of the molecule is CCCCC(CN(C=O)OCc1ccccc1)C(=O)OC. The number of esters is 1. The zero-order valence-electron chi connectivity index (χ0n) is 12.7. The van der Waals surface area contributed by atoms with Crippen LogP contribution in [-0.2, 0) is 25.8 Å². The van der Waals surface area contributed by atoms with E-state index in [4.69, 9.17) is 9.57 Å². The van der Waals surface area contributed by atoms with Crippen LogP contribution in [0.2, 0.25) is 0 Å². The highest BCUT2D eigenvalue weighted by atomic mass is 16.7. The molecule has 1 rings (SSSR count). The maximum absolute atomic E-state index is 11.7. The molecule has 0 spiro atoms. The molecule has 5 nitrogen and oxygen atoms in total. The van der Waals surface area contributed by atoms with Crippen molar-refractivity contribution in [2.24, 2.45) is 5.92 Å². The minimum atomic E-state index is -0.351. The van der Waals surface area contributed by atoms with Crippen molar-refractivity contribution in [1.29, 1.82) is 0 Å². The van der Waals surface area contributed by atoms with Crippen LogP contribution in [0.15, 0.2) is 30.3 Å². The lowest BCUT2D eigenvalue weighted by Crippen LogP contribution is -2.33. The predicted molar refractivity (Wildman–Crippen MR) is 79.0 cm³/mol. The number of methoxy groups -OCH3 is 1. The Hall–Kier alpha value is -1.88. The molecule has 1 aromatic rings. The zero-order valence-corrected chi connectivity index (χ0v) is 12.7. The first-order chi connectivity index (χ1) is 10.2. The molecule has 0 N–H and O–H groups in total. The number of benzene rings is 1. The van der Waals surface area contributed by atoms with Gasteiger partial charge in [-0.1, -0.05) is 50.1 Å². The van der Waals surface area contributed by atoms with Crippen LogP contribution in [0.1, 0.15) is 31.7 Å². The van der Waals surface area contributed by atoms with Crippen LogP contribution < -0.4 is 0 Å². The second kappa shape index (κ2) is 9.94. The predicted octanol–water partition coefficient (Wildman–Crippen LogP) is 2.56. The Morgan fingerprint density at radius 1 is 1.33 bits per heavy atom. The van der Waals surface area contributed by atoms with Gasteiger partial charge in [0, 0.05) is 0 Å². The molecule has 0 saturated carbocycles. The fourth-order valence-corrected chi connectivity index (χ4v) is 1.98. The number of ether oxygens (including phenoxy) is 1. The van der Waals surface area contributed by atoms with Crippen LogP contribution in [0.5, 0.6) is 0 Å². The number of hydrogen-bond acceptors (Lipinski definition) is 4. The maximum Gasteiger partial charge on any atom is 0.310 e. The van der Waals surface area contributed by atoms with E-state index in [0.717, 1.165) is 18.4 Å². The average molecular weight is 293 g/mol. The number of rotatable bonds is 10. The standard InChI is InChI=1S/C16H23NO4/c1-3-4-10-15(16(19)20-2)11-17(13-18)21-12-14-8-6-5-7-9-14/h5-9,13,15H,3-4,10-12H2,1-2H3. The van der Waals surface area contributed by atoms with Crippen molar-refractivity contribution in [3.63, 3.8) is 0 Å². The first kappa shape index (κ1) is 17.2. The Bertz CT molecular complexity index is 422. The molecule has 1 amide bonds. The van der Waals surface area contributed by atoms with E-state index in [1.54, 1.807) is 0 Å². The fourth-order valence-electron chi connectivity index (χ4n) is 1.98. The summed E-state index contributed by atoms with van der Waals surface area (Å²) in [4.78, 5) is 28.3. The number of unbranched alkanes of at least 4 members (excludes halogenated alkanes) is 1. The molecular weight excluding hydrogens is 270 g/mol. The summed E-state index contributed by atoms with van der Waals surface area (Å²) in [6, 6.07) is 9.56. The van der Waals surface area contributed by atoms with Gasteiger partial charge in [-0.05, 0) is 12.0 Å². The molecule has 5 heteroatoms. The van der Waals surface area contributed by atoms with E-state index in [9.17, 15) is 9.59 Å². The van der Waals surface area contributed by atoms with Crippen molar-refractivity contribution in [3.8, 4) is 0 Å². The minimum absolute atomic E-state index is 0.211. The van der Waals surface area contributed by atoms with Crippen molar-refractivity contribution in [3.05, 3.63) is 35.9 Å².